The predicted molar refractivity (Wildman–Crippen MR) is 47.2 cm³/mol. The van der Waals surface area contributed by atoms with Crippen molar-refractivity contribution in [3.05, 3.63) is 0 Å². The van der Waals surface area contributed by atoms with E-state index in [0.717, 1.165) is 6.54 Å². The lowest BCUT2D eigenvalue weighted by Crippen LogP contribution is -2.39. The van der Waals surface area contributed by atoms with E-state index in [1.165, 1.54) is 0 Å². The third kappa shape index (κ3) is 1.29. The largest absolute Gasteiger partial charge is 0.395 e. The van der Waals surface area contributed by atoms with Crippen molar-refractivity contribution in [3.8, 4) is 0 Å². The van der Waals surface area contributed by atoms with Gasteiger partial charge in [-0.15, -0.1) is 0 Å². The molecular weight excluding hydrogens is 170 g/mol. The maximum atomic E-state index is 9.76. The van der Waals surface area contributed by atoms with E-state index < -0.39 is 6.10 Å². The third-order valence-electron chi connectivity index (χ3n) is 3.44. The molecule has 0 aromatic carbocycles. The summed E-state index contributed by atoms with van der Waals surface area (Å²) in [5, 5.41) is 28.4. The quantitative estimate of drug-likeness (QED) is 0.482. The fraction of sp³-hybridized carbons (Fsp3) is 1.00. The number of rotatable bonds is 1. The van der Waals surface area contributed by atoms with Crippen LogP contribution in [-0.4, -0.2) is 57.7 Å². The molecular formula is C9H17NO3. The van der Waals surface area contributed by atoms with Gasteiger partial charge in [-0.3, -0.25) is 4.90 Å². The van der Waals surface area contributed by atoms with E-state index in [-0.39, 0.29) is 30.7 Å². The third-order valence-corrected chi connectivity index (χ3v) is 3.44. The average Bonchev–Trinajstić information content (AvgIpc) is 2.52. The Hall–Kier alpha value is -0.160. The van der Waals surface area contributed by atoms with Crippen LogP contribution in [0.3, 0.4) is 0 Å². The second-order valence-corrected chi connectivity index (χ2v) is 4.28. The predicted octanol–water partition coefficient (Wildman–Crippen LogP) is -1.21. The lowest BCUT2D eigenvalue weighted by molar-refractivity contribution is 0.0704. The summed E-state index contributed by atoms with van der Waals surface area (Å²) < 4.78 is 0. The molecule has 13 heavy (non-hydrogen) atoms. The lowest BCUT2D eigenvalue weighted by Gasteiger charge is -2.23. The Morgan fingerprint density at radius 2 is 2.08 bits per heavy atom. The van der Waals surface area contributed by atoms with Gasteiger partial charge in [-0.2, -0.15) is 0 Å². The van der Waals surface area contributed by atoms with Crippen molar-refractivity contribution in [1.29, 1.82) is 0 Å². The Bertz CT molecular complexity index is 199. The highest BCUT2D eigenvalue weighted by Gasteiger charge is 2.49. The second-order valence-electron chi connectivity index (χ2n) is 4.28. The smallest absolute Gasteiger partial charge is 0.0734 e. The van der Waals surface area contributed by atoms with Crippen molar-refractivity contribution in [2.75, 3.05) is 13.2 Å². The number of aliphatic hydroxyl groups is 3. The zero-order chi connectivity index (χ0) is 9.59. The fourth-order valence-corrected chi connectivity index (χ4v) is 2.66. The van der Waals surface area contributed by atoms with Gasteiger partial charge < -0.3 is 15.3 Å². The molecule has 2 aliphatic rings. The van der Waals surface area contributed by atoms with Crippen LogP contribution >= 0.6 is 0 Å². The Morgan fingerprint density at radius 1 is 1.38 bits per heavy atom. The zero-order valence-electron chi connectivity index (χ0n) is 7.80. The van der Waals surface area contributed by atoms with Crippen molar-refractivity contribution in [3.63, 3.8) is 0 Å². The van der Waals surface area contributed by atoms with E-state index in [4.69, 9.17) is 5.11 Å². The molecule has 2 saturated heterocycles. The maximum absolute atomic E-state index is 9.76. The minimum Gasteiger partial charge on any atom is -0.395 e. The van der Waals surface area contributed by atoms with Gasteiger partial charge >= 0.3 is 0 Å². The van der Waals surface area contributed by atoms with E-state index in [1.807, 2.05) is 11.8 Å². The van der Waals surface area contributed by atoms with Crippen molar-refractivity contribution in [2.24, 2.45) is 5.92 Å². The Balaban J connectivity index is 2.13. The van der Waals surface area contributed by atoms with Crippen molar-refractivity contribution >= 4 is 0 Å². The van der Waals surface area contributed by atoms with Gasteiger partial charge in [0.05, 0.1) is 24.9 Å². The summed E-state index contributed by atoms with van der Waals surface area (Å²) in [6.07, 6.45) is -0.222. The molecule has 4 nitrogen and oxygen atoms in total. The first-order valence-electron chi connectivity index (χ1n) is 4.88. The molecule has 0 aromatic heterocycles. The van der Waals surface area contributed by atoms with Crippen LogP contribution in [0.15, 0.2) is 0 Å². The van der Waals surface area contributed by atoms with Gasteiger partial charge in [0.2, 0.25) is 0 Å². The molecule has 0 radical (unpaired) electrons. The molecule has 0 amide bonds. The highest BCUT2D eigenvalue weighted by atomic mass is 16.3. The molecule has 2 fully saturated rings. The number of hydrogen-bond donors (Lipinski definition) is 3. The normalized spacial score (nSPS) is 51.2. The molecule has 4 heteroatoms. The van der Waals surface area contributed by atoms with E-state index in [0.29, 0.717) is 6.42 Å². The highest BCUT2D eigenvalue weighted by Crippen LogP contribution is 2.35. The molecule has 0 bridgehead atoms. The summed E-state index contributed by atoms with van der Waals surface area (Å²) in [5.74, 6) is 0.256. The fourth-order valence-electron chi connectivity index (χ4n) is 2.66. The highest BCUT2D eigenvalue weighted by molar-refractivity contribution is 5.03. The number of aliphatic hydroxyl groups excluding tert-OH is 3. The minimum atomic E-state index is -0.475. The molecule has 5 unspecified atom stereocenters. The van der Waals surface area contributed by atoms with Crippen molar-refractivity contribution < 1.29 is 15.3 Å². The SMILES string of the molecule is CC1CN2C(CO)C(O)CC2C1O. The van der Waals surface area contributed by atoms with Crippen LogP contribution in [0.1, 0.15) is 13.3 Å². The first-order valence-corrected chi connectivity index (χ1v) is 4.88. The monoisotopic (exact) mass is 187 g/mol. The summed E-state index contributed by atoms with van der Waals surface area (Å²) in [5.41, 5.74) is 0. The van der Waals surface area contributed by atoms with Crippen LogP contribution in [0.4, 0.5) is 0 Å². The Labute approximate surface area is 77.8 Å². The van der Waals surface area contributed by atoms with Crippen LogP contribution in [0.25, 0.3) is 0 Å². The average molecular weight is 187 g/mol. The summed E-state index contributed by atoms with van der Waals surface area (Å²) in [6, 6.07) is -0.105. The van der Waals surface area contributed by atoms with Crippen LogP contribution in [-0.2, 0) is 0 Å². The Morgan fingerprint density at radius 3 is 2.69 bits per heavy atom. The standard InChI is InChI=1S/C9H17NO3/c1-5-3-10-6(9(5)13)2-8(12)7(10)4-11/h5-9,11-13H,2-4H2,1H3. The summed E-state index contributed by atoms with van der Waals surface area (Å²) in [4.78, 5) is 2.04. The van der Waals surface area contributed by atoms with Gasteiger partial charge in [-0.05, 0) is 12.3 Å². The molecule has 2 rings (SSSR count). The van der Waals surface area contributed by atoms with Gasteiger partial charge in [0, 0.05) is 12.6 Å². The molecule has 0 aromatic rings. The molecule has 5 atom stereocenters. The van der Waals surface area contributed by atoms with E-state index >= 15 is 0 Å². The van der Waals surface area contributed by atoms with Gasteiger partial charge in [0.25, 0.3) is 0 Å². The molecule has 2 heterocycles. The summed E-state index contributed by atoms with van der Waals surface area (Å²) >= 11 is 0. The van der Waals surface area contributed by atoms with Gasteiger partial charge in [-0.1, -0.05) is 6.92 Å². The van der Waals surface area contributed by atoms with Crippen LogP contribution in [0, 0.1) is 5.92 Å². The van der Waals surface area contributed by atoms with E-state index in [1.54, 1.807) is 0 Å². The molecule has 76 valence electrons. The van der Waals surface area contributed by atoms with Gasteiger partial charge in [0.1, 0.15) is 0 Å². The zero-order valence-corrected chi connectivity index (χ0v) is 7.80. The maximum Gasteiger partial charge on any atom is 0.0734 e. The Kier molecular flexibility index (Phi) is 2.32. The van der Waals surface area contributed by atoms with Gasteiger partial charge in [-0.25, -0.2) is 0 Å². The first kappa shape index (κ1) is 9.40. The molecule has 2 aliphatic heterocycles. The second kappa shape index (κ2) is 3.20. The number of hydrogen-bond acceptors (Lipinski definition) is 4. The van der Waals surface area contributed by atoms with Crippen LogP contribution in [0.5, 0.6) is 0 Å². The minimum absolute atomic E-state index is 0.0168. The number of nitrogens with zero attached hydrogens (tertiary/aromatic N) is 1. The van der Waals surface area contributed by atoms with Gasteiger partial charge in [0.15, 0.2) is 0 Å². The number of fused-ring (bicyclic) bond motifs is 1. The van der Waals surface area contributed by atoms with Crippen LogP contribution < -0.4 is 0 Å². The first-order chi connectivity index (χ1) is 6.15. The lowest BCUT2D eigenvalue weighted by atomic mass is 10.00. The summed E-state index contributed by atoms with van der Waals surface area (Å²) in [6.45, 7) is 2.77. The molecule has 0 saturated carbocycles. The molecule has 0 aliphatic carbocycles. The molecule has 3 N–H and O–H groups in total. The van der Waals surface area contributed by atoms with Crippen molar-refractivity contribution in [2.45, 2.75) is 37.6 Å². The van der Waals surface area contributed by atoms with Crippen molar-refractivity contribution in [1.82, 2.24) is 4.90 Å². The van der Waals surface area contributed by atoms with Crippen LogP contribution in [0.2, 0.25) is 0 Å². The van der Waals surface area contributed by atoms with E-state index in [9.17, 15) is 10.2 Å². The van der Waals surface area contributed by atoms with E-state index in [2.05, 4.69) is 0 Å². The molecule has 0 spiro atoms. The summed E-state index contributed by atoms with van der Waals surface area (Å²) in [7, 11) is 0. The topological polar surface area (TPSA) is 63.9 Å².